The minimum atomic E-state index is -4.31. The summed E-state index contributed by atoms with van der Waals surface area (Å²) in [4.78, 5) is 0. The Morgan fingerprint density at radius 3 is 2.00 bits per heavy atom. The Labute approximate surface area is 130 Å². The Morgan fingerprint density at radius 1 is 0.913 bits per heavy atom. The molecule has 0 saturated heterocycles. The fourth-order valence-electron chi connectivity index (χ4n) is 2.06. The molecule has 2 aromatic rings. The summed E-state index contributed by atoms with van der Waals surface area (Å²) in [6, 6.07) is 9.29. The van der Waals surface area contributed by atoms with Gasteiger partial charge in [0.05, 0.1) is 6.61 Å². The van der Waals surface area contributed by atoms with Crippen molar-refractivity contribution >= 4 is 0 Å². The van der Waals surface area contributed by atoms with E-state index in [1.165, 1.54) is 0 Å². The molecule has 0 amide bonds. The first kappa shape index (κ1) is 17.2. The summed E-state index contributed by atoms with van der Waals surface area (Å²) in [5.74, 6) is -2.52. The van der Waals surface area contributed by atoms with E-state index in [0.717, 1.165) is 17.7 Å². The SMILES string of the molecule is Cc1ccc(-c2cc(F)c(OCCCC(F)(F)F)c(F)c2)cc1. The summed E-state index contributed by atoms with van der Waals surface area (Å²) < 4.78 is 68.7. The third-order valence-electron chi connectivity index (χ3n) is 3.23. The highest BCUT2D eigenvalue weighted by molar-refractivity contribution is 5.65. The van der Waals surface area contributed by atoms with Crippen LogP contribution >= 0.6 is 0 Å². The van der Waals surface area contributed by atoms with Crippen molar-refractivity contribution in [1.82, 2.24) is 0 Å². The molecule has 0 aliphatic rings. The molecule has 0 N–H and O–H groups in total. The van der Waals surface area contributed by atoms with Crippen LogP contribution in [0.5, 0.6) is 5.75 Å². The minimum absolute atomic E-state index is 0.336. The predicted molar refractivity (Wildman–Crippen MR) is 77.3 cm³/mol. The molecule has 0 heterocycles. The predicted octanol–water partition coefficient (Wildman–Crippen LogP) is 5.66. The van der Waals surface area contributed by atoms with Gasteiger partial charge in [-0.05, 0) is 36.6 Å². The van der Waals surface area contributed by atoms with Crippen molar-refractivity contribution in [2.45, 2.75) is 25.9 Å². The Morgan fingerprint density at radius 2 is 1.48 bits per heavy atom. The number of hydrogen-bond donors (Lipinski definition) is 0. The molecule has 0 saturated carbocycles. The average molecular weight is 330 g/mol. The van der Waals surface area contributed by atoms with Crippen LogP contribution in [0.25, 0.3) is 11.1 Å². The van der Waals surface area contributed by atoms with Crippen molar-refractivity contribution in [2.24, 2.45) is 0 Å². The second kappa shape index (κ2) is 6.98. The molecule has 2 aromatic carbocycles. The molecule has 0 aliphatic carbocycles. The Balaban J connectivity index is 2.10. The van der Waals surface area contributed by atoms with Crippen molar-refractivity contribution < 1.29 is 26.7 Å². The van der Waals surface area contributed by atoms with Gasteiger partial charge in [-0.2, -0.15) is 13.2 Å². The van der Waals surface area contributed by atoms with Gasteiger partial charge in [0.2, 0.25) is 0 Å². The number of ether oxygens (including phenoxy) is 1. The van der Waals surface area contributed by atoms with E-state index in [2.05, 4.69) is 0 Å². The van der Waals surface area contributed by atoms with Crippen LogP contribution in [0.2, 0.25) is 0 Å². The monoisotopic (exact) mass is 330 g/mol. The van der Waals surface area contributed by atoms with Gasteiger partial charge in [-0.1, -0.05) is 29.8 Å². The highest BCUT2D eigenvalue weighted by atomic mass is 19.4. The maximum Gasteiger partial charge on any atom is 0.389 e. The van der Waals surface area contributed by atoms with Gasteiger partial charge in [0.15, 0.2) is 17.4 Å². The lowest BCUT2D eigenvalue weighted by Crippen LogP contribution is -2.10. The van der Waals surface area contributed by atoms with Gasteiger partial charge < -0.3 is 4.74 Å². The van der Waals surface area contributed by atoms with Crippen molar-refractivity contribution in [1.29, 1.82) is 0 Å². The van der Waals surface area contributed by atoms with Crippen LogP contribution in [0.15, 0.2) is 36.4 Å². The minimum Gasteiger partial charge on any atom is -0.488 e. The lowest BCUT2D eigenvalue weighted by atomic mass is 10.0. The van der Waals surface area contributed by atoms with Gasteiger partial charge in [0.25, 0.3) is 0 Å². The van der Waals surface area contributed by atoms with Crippen molar-refractivity contribution in [3.8, 4) is 16.9 Å². The molecule has 0 bridgehead atoms. The highest BCUT2D eigenvalue weighted by Crippen LogP contribution is 2.29. The third-order valence-corrected chi connectivity index (χ3v) is 3.23. The molecule has 124 valence electrons. The third kappa shape index (κ3) is 4.94. The number of rotatable bonds is 5. The van der Waals surface area contributed by atoms with Gasteiger partial charge in [0, 0.05) is 6.42 Å². The molecule has 0 fully saturated rings. The summed E-state index contributed by atoms with van der Waals surface area (Å²) >= 11 is 0. The number of halogens is 5. The van der Waals surface area contributed by atoms with Crippen molar-refractivity contribution in [3.05, 3.63) is 53.6 Å². The van der Waals surface area contributed by atoms with E-state index in [9.17, 15) is 22.0 Å². The van der Waals surface area contributed by atoms with Crippen LogP contribution in [0, 0.1) is 18.6 Å². The maximum absolute atomic E-state index is 13.9. The highest BCUT2D eigenvalue weighted by Gasteiger charge is 2.26. The van der Waals surface area contributed by atoms with Crippen LogP contribution in [0.1, 0.15) is 18.4 Å². The Kier molecular flexibility index (Phi) is 5.23. The maximum atomic E-state index is 13.9. The molecule has 6 heteroatoms. The summed E-state index contributed by atoms with van der Waals surface area (Å²) in [6.45, 7) is 1.49. The van der Waals surface area contributed by atoms with Crippen LogP contribution < -0.4 is 4.74 Å². The molecule has 0 aromatic heterocycles. The standard InChI is InChI=1S/C17H15F5O/c1-11-3-5-12(6-4-11)13-9-14(18)16(15(19)10-13)23-8-2-7-17(20,21)22/h3-6,9-10H,2,7-8H2,1H3. The van der Waals surface area contributed by atoms with E-state index in [0.29, 0.717) is 11.1 Å². The van der Waals surface area contributed by atoms with Gasteiger partial charge >= 0.3 is 6.18 Å². The zero-order chi connectivity index (χ0) is 17.0. The summed E-state index contributed by atoms with van der Waals surface area (Å²) in [7, 11) is 0. The molecular formula is C17H15F5O. The smallest absolute Gasteiger partial charge is 0.389 e. The van der Waals surface area contributed by atoms with Crippen LogP contribution in [0.3, 0.4) is 0 Å². The van der Waals surface area contributed by atoms with Crippen LogP contribution in [-0.4, -0.2) is 12.8 Å². The van der Waals surface area contributed by atoms with Gasteiger partial charge in [-0.25, -0.2) is 8.78 Å². The number of hydrogen-bond acceptors (Lipinski definition) is 1. The van der Waals surface area contributed by atoms with Gasteiger partial charge in [0.1, 0.15) is 0 Å². The lowest BCUT2D eigenvalue weighted by Gasteiger charge is -2.11. The van der Waals surface area contributed by atoms with E-state index in [1.54, 1.807) is 12.1 Å². The van der Waals surface area contributed by atoms with Crippen LogP contribution in [-0.2, 0) is 0 Å². The Bertz CT molecular complexity index is 639. The van der Waals surface area contributed by atoms with E-state index < -0.39 is 36.6 Å². The van der Waals surface area contributed by atoms with E-state index in [1.807, 2.05) is 19.1 Å². The normalized spacial score (nSPS) is 11.6. The lowest BCUT2D eigenvalue weighted by molar-refractivity contribution is -0.136. The second-order valence-corrected chi connectivity index (χ2v) is 5.20. The molecule has 0 spiro atoms. The number of benzene rings is 2. The fraction of sp³-hybridized carbons (Fsp3) is 0.294. The Hall–Kier alpha value is -2.11. The number of aryl methyl sites for hydroxylation is 1. The molecular weight excluding hydrogens is 315 g/mol. The van der Waals surface area contributed by atoms with Crippen molar-refractivity contribution in [3.63, 3.8) is 0 Å². The summed E-state index contributed by atoms with van der Waals surface area (Å²) in [6.07, 6.45) is -5.73. The fourth-order valence-corrected chi connectivity index (χ4v) is 2.06. The molecule has 1 nitrogen and oxygen atoms in total. The topological polar surface area (TPSA) is 9.23 Å². The molecule has 2 rings (SSSR count). The van der Waals surface area contributed by atoms with Gasteiger partial charge in [-0.15, -0.1) is 0 Å². The molecule has 23 heavy (non-hydrogen) atoms. The zero-order valence-electron chi connectivity index (χ0n) is 12.4. The number of alkyl halides is 3. The quantitative estimate of drug-likeness (QED) is 0.507. The zero-order valence-corrected chi connectivity index (χ0v) is 12.4. The van der Waals surface area contributed by atoms with E-state index >= 15 is 0 Å². The molecule has 0 unspecified atom stereocenters. The summed E-state index contributed by atoms with van der Waals surface area (Å²) in [5.41, 5.74) is 1.99. The first-order valence-corrected chi connectivity index (χ1v) is 7.02. The molecule has 0 atom stereocenters. The summed E-state index contributed by atoms with van der Waals surface area (Å²) in [5, 5.41) is 0. The van der Waals surface area contributed by atoms with E-state index in [-0.39, 0.29) is 6.42 Å². The van der Waals surface area contributed by atoms with Crippen molar-refractivity contribution in [2.75, 3.05) is 6.61 Å². The second-order valence-electron chi connectivity index (χ2n) is 5.20. The van der Waals surface area contributed by atoms with Crippen LogP contribution in [0.4, 0.5) is 22.0 Å². The average Bonchev–Trinajstić information content (AvgIpc) is 2.45. The first-order chi connectivity index (χ1) is 10.8. The molecule has 0 radical (unpaired) electrons. The largest absolute Gasteiger partial charge is 0.488 e. The molecule has 0 aliphatic heterocycles. The van der Waals surface area contributed by atoms with Gasteiger partial charge in [-0.3, -0.25) is 0 Å². The van der Waals surface area contributed by atoms with E-state index in [4.69, 9.17) is 4.74 Å². The first-order valence-electron chi connectivity index (χ1n) is 7.02.